The Balaban J connectivity index is 2.77. The molecule has 0 radical (unpaired) electrons. The van der Waals surface area contributed by atoms with E-state index >= 15 is 0 Å². The van der Waals surface area contributed by atoms with Gasteiger partial charge < -0.3 is 0 Å². The third-order valence-electron chi connectivity index (χ3n) is 1.47. The fraction of sp³-hybridized carbons (Fsp3) is 0.750. The fourth-order valence-electron chi connectivity index (χ4n) is 0.833. The summed E-state index contributed by atoms with van der Waals surface area (Å²) >= 11 is 1.74. The maximum Gasteiger partial charge on any atom is 0.155 e. The van der Waals surface area contributed by atoms with Crippen LogP contribution in [0.4, 0.5) is 0 Å². The zero-order chi connectivity index (χ0) is 9.19. The van der Waals surface area contributed by atoms with Gasteiger partial charge >= 0.3 is 0 Å². The summed E-state index contributed by atoms with van der Waals surface area (Å²) in [7, 11) is 0. The minimum Gasteiger partial charge on any atom is -0.243 e. The molecule has 0 unspecified atom stereocenters. The number of rotatable bonds is 2. The van der Waals surface area contributed by atoms with E-state index in [-0.39, 0.29) is 5.41 Å². The standard InChI is InChI=1S/C8H15N3S/c1-8(2,3)7-9-5-11(10-7)6-12-4/h5H,6H2,1-4H3. The summed E-state index contributed by atoms with van der Waals surface area (Å²) in [5, 5.41) is 4.36. The number of hydrogen-bond donors (Lipinski definition) is 0. The molecule has 0 N–H and O–H groups in total. The Kier molecular flexibility index (Phi) is 2.77. The van der Waals surface area contributed by atoms with Crippen molar-refractivity contribution in [2.45, 2.75) is 32.1 Å². The maximum atomic E-state index is 4.36. The van der Waals surface area contributed by atoms with Gasteiger partial charge in [0.05, 0.1) is 5.88 Å². The predicted octanol–water partition coefficient (Wildman–Crippen LogP) is 1.90. The lowest BCUT2D eigenvalue weighted by Crippen LogP contribution is -2.14. The van der Waals surface area contributed by atoms with Crippen LogP contribution >= 0.6 is 11.8 Å². The summed E-state index contributed by atoms with van der Waals surface area (Å²) < 4.78 is 1.87. The summed E-state index contributed by atoms with van der Waals surface area (Å²) in [6, 6.07) is 0. The minimum atomic E-state index is 0.0592. The van der Waals surface area contributed by atoms with Gasteiger partial charge in [-0.05, 0) is 6.26 Å². The highest BCUT2D eigenvalue weighted by molar-refractivity contribution is 7.97. The van der Waals surface area contributed by atoms with Crippen LogP contribution < -0.4 is 0 Å². The molecule has 1 aromatic rings. The number of thioether (sulfide) groups is 1. The van der Waals surface area contributed by atoms with E-state index in [1.165, 1.54) is 0 Å². The zero-order valence-corrected chi connectivity index (χ0v) is 8.85. The summed E-state index contributed by atoms with van der Waals surface area (Å²) in [4.78, 5) is 4.24. The van der Waals surface area contributed by atoms with Crippen molar-refractivity contribution in [3.63, 3.8) is 0 Å². The molecule has 3 nitrogen and oxygen atoms in total. The van der Waals surface area contributed by atoms with Gasteiger partial charge in [-0.1, -0.05) is 20.8 Å². The monoisotopic (exact) mass is 185 g/mol. The first-order chi connectivity index (χ1) is 5.54. The van der Waals surface area contributed by atoms with Gasteiger partial charge in [-0.25, -0.2) is 9.67 Å². The third-order valence-corrected chi connectivity index (χ3v) is 1.99. The summed E-state index contributed by atoms with van der Waals surface area (Å²) in [6.45, 7) is 6.35. The second kappa shape index (κ2) is 3.47. The van der Waals surface area contributed by atoms with Crippen LogP contribution in [0.15, 0.2) is 6.33 Å². The first-order valence-corrected chi connectivity index (χ1v) is 5.32. The van der Waals surface area contributed by atoms with E-state index in [4.69, 9.17) is 0 Å². The summed E-state index contributed by atoms with van der Waals surface area (Å²) in [5.74, 6) is 1.79. The van der Waals surface area contributed by atoms with Gasteiger partial charge in [0.2, 0.25) is 0 Å². The van der Waals surface area contributed by atoms with E-state index in [0.29, 0.717) is 0 Å². The SMILES string of the molecule is CSCn1cnc(C(C)(C)C)n1. The average molecular weight is 185 g/mol. The van der Waals surface area contributed by atoms with E-state index in [1.807, 2.05) is 4.68 Å². The Hall–Kier alpha value is -0.510. The van der Waals surface area contributed by atoms with E-state index in [0.717, 1.165) is 11.7 Å². The highest BCUT2D eigenvalue weighted by Gasteiger charge is 2.18. The molecular weight excluding hydrogens is 170 g/mol. The Morgan fingerprint density at radius 1 is 1.50 bits per heavy atom. The Bertz CT molecular complexity index is 249. The van der Waals surface area contributed by atoms with Crippen LogP contribution in [0, 0.1) is 0 Å². The lowest BCUT2D eigenvalue weighted by molar-refractivity contribution is 0.538. The lowest BCUT2D eigenvalue weighted by atomic mass is 9.96. The molecule has 0 spiro atoms. The molecule has 0 saturated carbocycles. The molecular formula is C8H15N3S. The minimum absolute atomic E-state index is 0.0592. The van der Waals surface area contributed by atoms with Gasteiger partial charge in [-0.2, -0.15) is 5.10 Å². The van der Waals surface area contributed by atoms with Gasteiger partial charge in [-0.15, -0.1) is 11.8 Å². The fourth-order valence-corrected chi connectivity index (χ4v) is 1.22. The highest BCUT2D eigenvalue weighted by Crippen LogP contribution is 2.17. The van der Waals surface area contributed by atoms with E-state index in [1.54, 1.807) is 18.1 Å². The van der Waals surface area contributed by atoms with Gasteiger partial charge in [0.1, 0.15) is 6.33 Å². The van der Waals surface area contributed by atoms with Gasteiger partial charge in [-0.3, -0.25) is 0 Å². The molecule has 0 amide bonds. The smallest absolute Gasteiger partial charge is 0.155 e. The van der Waals surface area contributed by atoms with Crippen molar-refractivity contribution in [3.8, 4) is 0 Å². The van der Waals surface area contributed by atoms with Crippen LogP contribution in [0.5, 0.6) is 0 Å². The van der Waals surface area contributed by atoms with Gasteiger partial charge in [0.15, 0.2) is 5.82 Å². The molecule has 1 rings (SSSR count). The molecule has 0 aromatic carbocycles. The van der Waals surface area contributed by atoms with E-state index in [2.05, 4.69) is 37.1 Å². The zero-order valence-electron chi connectivity index (χ0n) is 8.03. The highest BCUT2D eigenvalue weighted by atomic mass is 32.2. The van der Waals surface area contributed by atoms with Crippen molar-refractivity contribution in [3.05, 3.63) is 12.2 Å². The lowest BCUT2D eigenvalue weighted by Gasteiger charge is -2.12. The molecule has 0 aliphatic rings. The van der Waals surface area contributed by atoms with Crippen LogP contribution in [-0.4, -0.2) is 21.0 Å². The first-order valence-electron chi connectivity index (χ1n) is 3.93. The van der Waals surface area contributed by atoms with Crippen LogP contribution in [0.25, 0.3) is 0 Å². The molecule has 0 saturated heterocycles. The van der Waals surface area contributed by atoms with Crippen LogP contribution in [0.1, 0.15) is 26.6 Å². The van der Waals surface area contributed by atoms with Crippen molar-refractivity contribution in [1.29, 1.82) is 0 Å². The van der Waals surface area contributed by atoms with E-state index < -0.39 is 0 Å². The van der Waals surface area contributed by atoms with Crippen LogP contribution in [0.2, 0.25) is 0 Å². The van der Waals surface area contributed by atoms with Crippen LogP contribution in [0.3, 0.4) is 0 Å². The van der Waals surface area contributed by atoms with Crippen molar-refractivity contribution in [1.82, 2.24) is 14.8 Å². The van der Waals surface area contributed by atoms with Crippen molar-refractivity contribution in [2.24, 2.45) is 0 Å². The molecule has 68 valence electrons. The molecule has 0 aliphatic carbocycles. The Morgan fingerprint density at radius 2 is 2.17 bits per heavy atom. The normalized spacial score (nSPS) is 12.0. The van der Waals surface area contributed by atoms with Crippen molar-refractivity contribution < 1.29 is 0 Å². The second-order valence-electron chi connectivity index (χ2n) is 3.78. The molecule has 0 atom stereocenters. The molecule has 1 aromatic heterocycles. The molecule has 12 heavy (non-hydrogen) atoms. The number of hydrogen-bond acceptors (Lipinski definition) is 3. The molecule has 1 heterocycles. The van der Waals surface area contributed by atoms with Gasteiger partial charge in [0, 0.05) is 5.41 Å². The quantitative estimate of drug-likeness (QED) is 0.705. The molecule has 0 fully saturated rings. The number of nitrogens with zero attached hydrogens (tertiary/aromatic N) is 3. The summed E-state index contributed by atoms with van der Waals surface area (Å²) in [5.41, 5.74) is 0.0592. The predicted molar refractivity (Wildman–Crippen MR) is 52.2 cm³/mol. The maximum absolute atomic E-state index is 4.36. The topological polar surface area (TPSA) is 30.7 Å². The second-order valence-corrected chi connectivity index (χ2v) is 4.61. The Morgan fingerprint density at radius 3 is 2.58 bits per heavy atom. The molecule has 0 bridgehead atoms. The third kappa shape index (κ3) is 2.24. The first kappa shape index (κ1) is 9.58. The van der Waals surface area contributed by atoms with Crippen molar-refractivity contribution >= 4 is 11.8 Å². The van der Waals surface area contributed by atoms with Crippen LogP contribution in [-0.2, 0) is 11.3 Å². The van der Waals surface area contributed by atoms with E-state index in [9.17, 15) is 0 Å². The average Bonchev–Trinajstić information content (AvgIpc) is 2.35. The Labute approximate surface area is 77.6 Å². The molecule has 0 aliphatic heterocycles. The largest absolute Gasteiger partial charge is 0.243 e. The molecule has 4 heteroatoms. The summed E-state index contributed by atoms with van der Waals surface area (Å²) in [6.07, 6.45) is 3.84. The van der Waals surface area contributed by atoms with Crippen molar-refractivity contribution in [2.75, 3.05) is 6.26 Å². The number of aromatic nitrogens is 3. The van der Waals surface area contributed by atoms with Gasteiger partial charge in [0.25, 0.3) is 0 Å².